The molecule has 2 aromatic carbocycles. The van der Waals surface area contributed by atoms with Crippen LogP contribution in [-0.2, 0) is 17.9 Å². The van der Waals surface area contributed by atoms with Crippen molar-refractivity contribution in [3.63, 3.8) is 0 Å². The molecule has 0 unspecified atom stereocenters. The maximum Gasteiger partial charge on any atom is 0.332 e. The third kappa shape index (κ3) is 5.79. The summed E-state index contributed by atoms with van der Waals surface area (Å²) in [7, 11) is 0. The lowest BCUT2D eigenvalue weighted by Crippen LogP contribution is -2.20. The van der Waals surface area contributed by atoms with Crippen LogP contribution in [0, 0.1) is 0 Å². The number of aliphatic imine (C=N–C) groups is 1. The third-order valence-corrected chi connectivity index (χ3v) is 3.29. The molecule has 2 rings (SSSR count). The number of aliphatic carboxylic acids is 1. The summed E-state index contributed by atoms with van der Waals surface area (Å²) in [5.74, 6) is -0.959. The molecule has 4 heteroatoms. The number of carbonyl (C=O) groups is 1. The molecule has 4 nitrogen and oxygen atoms in total. The van der Waals surface area contributed by atoms with E-state index in [-0.39, 0.29) is 5.57 Å². The Morgan fingerprint density at radius 3 is 1.91 bits per heavy atom. The van der Waals surface area contributed by atoms with Crippen LogP contribution >= 0.6 is 0 Å². The van der Waals surface area contributed by atoms with Gasteiger partial charge in [0, 0.05) is 19.3 Å². The van der Waals surface area contributed by atoms with Crippen molar-refractivity contribution >= 4 is 12.3 Å². The van der Waals surface area contributed by atoms with E-state index in [1.165, 1.54) is 24.3 Å². The first-order chi connectivity index (χ1) is 11.1. The zero-order valence-corrected chi connectivity index (χ0v) is 13.1. The number of benzene rings is 2. The molecule has 2 aromatic rings. The fraction of sp³-hybridized carbons (Fsp3) is 0.158. The number of hydrogen-bond acceptors (Lipinski definition) is 2. The fourth-order valence-corrected chi connectivity index (χ4v) is 2.07. The molecular weight excluding hydrogens is 288 g/mol. The molecule has 0 aliphatic heterocycles. The number of nitrogens with zero attached hydrogens (tertiary/aromatic N) is 2. The number of carboxylic acids is 1. The molecule has 1 N–H and O–H groups in total. The quantitative estimate of drug-likeness (QED) is 0.482. The van der Waals surface area contributed by atoms with Gasteiger partial charge in [-0.2, -0.15) is 0 Å². The first-order valence-electron chi connectivity index (χ1n) is 7.40. The van der Waals surface area contributed by atoms with Gasteiger partial charge in [-0.05, 0) is 18.1 Å². The molecule has 0 spiro atoms. The molecule has 0 saturated heterocycles. The molecule has 0 radical (unpaired) electrons. The van der Waals surface area contributed by atoms with E-state index in [0.29, 0.717) is 13.1 Å². The van der Waals surface area contributed by atoms with Crippen molar-refractivity contribution in [1.29, 1.82) is 0 Å². The Bertz CT molecular complexity index is 638. The summed E-state index contributed by atoms with van der Waals surface area (Å²) in [6.07, 6.45) is 3.05. The highest BCUT2D eigenvalue weighted by molar-refractivity contribution is 5.85. The van der Waals surface area contributed by atoms with Gasteiger partial charge in [0.2, 0.25) is 0 Å². The van der Waals surface area contributed by atoms with Crippen LogP contribution in [0.1, 0.15) is 18.1 Å². The van der Waals surface area contributed by atoms with Crippen LogP contribution in [-0.4, -0.2) is 22.3 Å². The first kappa shape index (κ1) is 16.5. The largest absolute Gasteiger partial charge is 0.478 e. The van der Waals surface area contributed by atoms with Crippen molar-refractivity contribution in [2.75, 3.05) is 0 Å². The van der Waals surface area contributed by atoms with Crippen LogP contribution in [0.4, 0.5) is 0 Å². The van der Waals surface area contributed by atoms with Crippen molar-refractivity contribution in [2.45, 2.75) is 20.0 Å². The standard InChI is InChI=1S/C19H20N2O2/c1-16(19(22)23)12-20-15-21(13-17-8-4-2-5-9-17)14-18-10-6-3-7-11-18/h2-12,15H,13-14H2,1H3,(H,22,23)/b16-12+,20-15?. The average Bonchev–Trinajstić information content (AvgIpc) is 2.56. The van der Waals surface area contributed by atoms with Gasteiger partial charge < -0.3 is 10.0 Å². The SMILES string of the molecule is C/C(=C\N=CN(Cc1ccccc1)Cc1ccccc1)C(=O)O. The summed E-state index contributed by atoms with van der Waals surface area (Å²) in [6, 6.07) is 20.2. The van der Waals surface area contributed by atoms with E-state index >= 15 is 0 Å². The van der Waals surface area contributed by atoms with Crippen LogP contribution < -0.4 is 0 Å². The van der Waals surface area contributed by atoms with Crippen LogP contribution in [0.2, 0.25) is 0 Å². The summed E-state index contributed by atoms with van der Waals surface area (Å²) in [5.41, 5.74) is 2.56. The zero-order chi connectivity index (χ0) is 16.5. The first-order valence-corrected chi connectivity index (χ1v) is 7.40. The van der Waals surface area contributed by atoms with E-state index in [2.05, 4.69) is 34.2 Å². The molecule has 0 saturated carbocycles. The highest BCUT2D eigenvalue weighted by Crippen LogP contribution is 2.08. The van der Waals surface area contributed by atoms with E-state index in [1.807, 2.05) is 36.4 Å². The predicted molar refractivity (Wildman–Crippen MR) is 92.0 cm³/mol. The summed E-state index contributed by atoms with van der Waals surface area (Å²) in [6.45, 7) is 2.94. The van der Waals surface area contributed by atoms with Gasteiger partial charge in [0.1, 0.15) is 0 Å². The Balaban J connectivity index is 2.12. The minimum atomic E-state index is -0.959. The molecule has 0 aliphatic rings. The van der Waals surface area contributed by atoms with Crippen LogP contribution in [0.15, 0.2) is 77.4 Å². The molecule has 0 bridgehead atoms. The monoisotopic (exact) mass is 308 g/mol. The maximum absolute atomic E-state index is 10.8. The Morgan fingerprint density at radius 2 is 1.48 bits per heavy atom. The Kier molecular flexibility index (Phi) is 6.12. The molecular formula is C19H20N2O2. The summed E-state index contributed by atoms with van der Waals surface area (Å²) in [4.78, 5) is 17.0. The molecule has 0 fully saturated rings. The van der Waals surface area contributed by atoms with Gasteiger partial charge in [-0.3, -0.25) is 0 Å². The predicted octanol–water partition coefficient (Wildman–Crippen LogP) is 3.71. The lowest BCUT2D eigenvalue weighted by molar-refractivity contribution is -0.132. The van der Waals surface area contributed by atoms with Gasteiger partial charge in [-0.1, -0.05) is 60.7 Å². The van der Waals surface area contributed by atoms with E-state index < -0.39 is 5.97 Å². The highest BCUT2D eigenvalue weighted by Gasteiger charge is 2.03. The molecule has 0 aromatic heterocycles. The second kappa shape index (κ2) is 8.54. The summed E-state index contributed by atoms with van der Waals surface area (Å²) in [5, 5.41) is 8.86. The Hall–Kier alpha value is -2.88. The highest BCUT2D eigenvalue weighted by atomic mass is 16.4. The van der Waals surface area contributed by atoms with E-state index in [4.69, 9.17) is 5.11 Å². The van der Waals surface area contributed by atoms with E-state index in [9.17, 15) is 4.79 Å². The van der Waals surface area contributed by atoms with Gasteiger partial charge in [0.05, 0.1) is 11.9 Å². The average molecular weight is 308 g/mol. The van der Waals surface area contributed by atoms with Crippen molar-refractivity contribution in [2.24, 2.45) is 4.99 Å². The molecule has 118 valence electrons. The summed E-state index contributed by atoms with van der Waals surface area (Å²) >= 11 is 0. The molecule has 0 aliphatic carbocycles. The Labute approximate surface area is 136 Å². The van der Waals surface area contributed by atoms with E-state index in [1.54, 1.807) is 6.34 Å². The minimum Gasteiger partial charge on any atom is -0.478 e. The van der Waals surface area contributed by atoms with Crippen molar-refractivity contribution < 1.29 is 9.90 Å². The normalized spacial score (nSPS) is 11.6. The smallest absolute Gasteiger partial charge is 0.332 e. The second-order valence-electron chi connectivity index (χ2n) is 5.26. The van der Waals surface area contributed by atoms with Crippen LogP contribution in [0.5, 0.6) is 0 Å². The van der Waals surface area contributed by atoms with Gasteiger partial charge in [-0.25, -0.2) is 9.79 Å². The van der Waals surface area contributed by atoms with Crippen molar-refractivity contribution in [3.8, 4) is 0 Å². The second-order valence-corrected chi connectivity index (χ2v) is 5.26. The van der Waals surface area contributed by atoms with Crippen LogP contribution in [0.25, 0.3) is 0 Å². The van der Waals surface area contributed by atoms with E-state index in [0.717, 1.165) is 0 Å². The molecule has 23 heavy (non-hydrogen) atoms. The minimum absolute atomic E-state index is 0.209. The lowest BCUT2D eigenvalue weighted by Gasteiger charge is -2.19. The third-order valence-electron chi connectivity index (χ3n) is 3.29. The van der Waals surface area contributed by atoms with Gasteiger partial charge in [-0.15, -0.1) is 0 Å². The maximum atomic E-state index is 10.8. The van der Waals surface area contributed by atoms with Crippen molar-refractivity contribution in [1.82, 2.24) is 4.90 Å². The topological polar surface area (TPSA) is 52.9 Å². The number of rotatable bonds is 7. The lowest BCUT2D eigenvalue weighted by atomic mass is 10.2. The van der Waals surface area contributed by atoms with Crippen LogP contribution in [0.3, 0.4) is 0 Å². The van der Waals surface area contributed by atoms with Gasteiger partial charge in [0.15, 0.2) is 0 Å². The summed E-state index contributed by atoms with van der Waals surface area (Å²) < 4.78 is 0. The van der Waals surface area contributed by atoms with Crippen molar-refractivity contribution in [3.05, 3.63) is 83.6 Å². The fourth-order valence-electron chi connectivity index (χ4n) is 2.07. The molecule has 0 atom stereocenters. The van der Waals surface area contributed by atoms with Gasteiger partial charge in [0.25, 0.3) is 0 Å². The Morgan fingerprint density at radius 1 is 1.00 bits per heavy atom. The molecule has 0 amide bonds. The number of carboxylic acid groups (broad SMARTS) is 1. The molecule has 0 heterocycles. The zero-order valence-electron chi connectivity index (χ0n) is 13.1. The van der Waals surface area contributed by atoms with Gasteiger partial charge >= 0.3 is 5.97 Å². The number of hydrogen-bond donors (Lipinski definition) is 1.